The van der Waals surface area contributed by atoms with Crippen molar-refractivity contribution in [1.82, 2.24) is 24.6 Å². The topological polar surface area (TPSA) is 87.7 Å². The van der Waals surface area contributed by atoms with E-state index in [4.69, 9.17) is 16.9 Å². The molecular formula is C20H19ClN6OS. The number of hydrogen-bond acceptors (Lipinski definition) is 6. The molecule has 0 aliphatic rings. The van der Waals surface area contributed by atoms with Crippen LogP contribution in [0.1, 0.15) is 12.0 Å². The average Bonchev–Trinajstić information content (AvgIpc) is 3.16. The summed E-state index contributed by atoms with van der Waals surface area (Å²) in [4.78, 5) is 18.0. The van der Waals surface area contributed by atoms with Crippen LogP contribution in [-0.2, 0) is 4.79 Å². The molecule has 0 N–H and O–H groups in total. The number of thioether (sulfide) groups is 1. The molecule has 148 valence electrons. The molecule has 3 aromatic rings. The Labute approximate surface area is 178 Å². The maximum Gasteiger partial charge on any atom is 0.232 e. The zero-order valence-corrected chi connectivity index (χ0v) is 17.6. The van der Waals surface area contributed by atoms with Crippen LogP contribution in [0.3, 0.4) is 0 Å². The number of nitrogens with zero attached hydrogens (tertiary/aromatic N) is 6. The van der Waals surface area contributed by atoms with Crippen LogP contribution in [0.25, 0.3) is 17.1 Å². The third-order valence-electron chi connectivity index (χ3n) is 4.36. The standard InChI is InChI=1S/C20H19ClN6OS/c1-14-16(21)5-3-6-17(14)27-19(15-7-10-23-11-8-15)24-25-20(27)29-13-18(28)26(2)12-4-9-22/h3,5-8,10-11H,4,12-13H2,1-2H3. The van der Waals surface area contributed by atoms with Crippen molar-refractivity contribution in [3.8, 4) is 23.1 Å². The highest BCUT2D eigenvalue weighted by Crippen LogP contribution is 2.31. The first kappa shape index (κ1) is 20.8. The molecule has 0 saturated heterocycles. The van der Waals surface area contributed by atoms with Crippen molar-refractivity contribution >= 4 is 29.3 Å². The Balaban J connectivity index is 1.96. The first-order valence-electron chi connectivity index (χ1n) is 8.88. The van der Waals surface area contributed by atoms with E-state index in [0.717, 1.165) is 16.8 Å². The van der Waals surface area contributed by atoms with Gasteiger partial charge in [0.15, 0.2) is 11.0 Å². The highest BCUT2D eigenvalue weighted by Gasteiger charge is 2.20. The first-order chi connectivity index (χ1) is 14.0. The molecule has 0 aliphatic carbocycles. The van der Waals surface area contributed by atoms with Crippen LogP contribution in [0.15, 0.2) is 47.9 Å². The van der Waals surface area contributed by atoms with Crippen LogP contribution in [0, 0.1) is 18.3 Å². The summed E-state index contributed by atoms with van der Waals surface area (Å²) < 4.78 is 1.91. The van der Waals surface area contributed by atoms with Gasteiger partial charge in [-0.25, -0.2) is 0 Å². The monoisotopic (exact) mass is 426 g/mol. The van der Waals surface area contributed by atoms with Crippen LogP contribution in [0.2, 0.25) is 5.02 Å². The highest BCUT2D eigenvalue weighted by molar-refractivity contribution is 7.99. The number of nitriles is 1. The predicted octanol–water partition coefficient (Wildman–Crippen LogP) is 3.76. The fraction of sp³-hybridized carbons (Fsp3) is 0.250. The van der Waals surface area contributed by atoms with Crippen LogP contribution in [0.5, 0.6) is 0 Å². The van der Waals surface area contributed by atoms with Crippen molar-refractivity contribution in [3.63, 3.8) is 0 Å². The molecular weight excluding hydrogens is 408 g/mol. The molecule has 2 aromatic heterocycles. The van der Waals surface area contributed by atoms with Gasteiger partial charge >= 0.3 is 0 Å². The molecule has 0 saturated carbocycles. The number of pyridine rings is 1. The zero-order chi connectivity index (χ0) is 20.8. The molecule has 1 aromatic carbocycles. The van der Waals surface area contributed by atoms with Crippen LogP contribution in [-0.4, -0.2) is 49.9 Å². The fourth-order valence-electron chi connectivity index (χ4n) is 2.69. The summed E-state index contributed by atoms with van der Waals surface area (Å²) >= 11 is 7.64. The van der Waals surface area contributed by atoms with E-state index in [1.54, 1.807) is 24.3 Å². The van der Waals surface area contributed by atoms with Crippen LogP contribution < -0.4 is 0 Å². The average molecular weight is 427 g/mol. The Kier molecular flexibility index (Phi) is 6.86. The van der Waals surface area contributed by atoms with Crippen molar-refractivity contribution in [1.29, 1.82) is 5.26 Å². The van der Waals surface area contributed by atoms with Gasteiger partial charge in [0.2, 0.25) is 5.91 Å². The highest BCUT2D eigenvalue weighted by atomic mass is 35.5. The maximum atomic E-state index is 12.4. The van der Waals surface area contributed by atoms with Gasteiger partial charge < -0.3 is 4.90 Å². The summed E-state index contributed by atoms with van der Waals surface area (Å²) in [7, 11) is 1.69. The van der Waals surface area contributed by atoms with Gasteiger partial charge in [0.1, 0.15) is 0 Å². The third kappa shape index (κ3) is 4.75. The van der Waals surface area contributed by atoms with Gasteiger partial charge in [-0.15, -0.1) is 10.2 Å². The zero-order valence-electron chi connectivity index (χ0n) is 16.0. The lowest BCUT2D eigenvalue weighted by atomic mass is 10.2. The number of hydrogen-bond donors (Lipinski definition) is 0. The molecule has 1 amide bonds. The molecule has 7 nitrogen and oxygen atoms in total. The quantitative estimate of drug-likeness (QED) is 0.534. The van der Waals surface area contributed by atoms with E-state index >= 15 is 0 Å². The van der Waals surface area contributed by atoms with Gasteiger partial charge in [0.25, 0.3) is 0 Å². The van der Waals surface area contributed by atoms with Crippen molar-refractivity contribution in [2.75, 3.05) is 19.3 Å². The lowest BCUT2D eigenvalue weighted by molar-refractivity contribution is -0.127. The first-order valence-corrected chi connectivity index (χ1v) is 10.2. The molecule has 0 radical (unpaired) electrons. The molecule has 9 heteroatoms. The smallest absolute Gasteiger partial charge is 0.232 e. The maximum absolute atomic E-state index is 12.4. The number of benzene rings is 1. The van der Waals surface area contributed by atoms with E-state index in [1.165, 1.54) is 11.8 Å². The predicted molar refractivity (Wildman–Crippen MR) is 113 cm³/mol. The van der Waals surface area contributed by atoms with E-state index < -0.39 is 0 Å². The molecule has 0 bridgehead atoms. The molecule has 0 spiro atoms. The van der Waals surface area contributed by atoms with Gasteiger partial charge in [-0.3, -0.25) is 14.3 Å². The van der Waals surface area contributed by atoms with Crippen molar-refractivity contribution < 1.29 is 4.79 Å². The summed E-state index contributed by atoms with van der Waals surface area (Å²) in [6.07, 6.45) is 3.69. The number of aromatic nitrogens is 4. The number of rotatable bonds is 7. The summed E-state index contributed by atoms with van der Waals surface area (Å²) in [5.74, 6) is 0.759. The normalized spacial score (nSPS) is 10.6. The Morgan fingerprint density at radius 3 is 2.76 bits per heavy atom. The number of carbonyl (C=O) groups excluding carboxylic acids is 1. The second-order valence-electron chi connectivity index (χ2n) is 6.27. The Morgan fingerprint density at radius 1 is 1.28 bits per heavy atom. The van der Waals surface area contributed by atoms with E-state index in [1.807, 2.05) is 47.9 Å². The van der Waals surface area contributed by atoms with Crippen molar-refractivity contribution in [3.05, 3.63) is 53.3 Å². The molecule has 0 atom stereocenters. The lowest BCUT2D eigenvalue weighted by Crippen LogP contribution is -2.29. The molecule has 3 rings (SSSR count). The minimum atomic E-state index is -0.0759. The Hall–Kier alpha value is -2.89. The lowest BCUT2D eigenvalue weighted by Gasteiger charge is -2.16. The van der Waals surface area contributed by atoms with Crippen molar-refractivity contribution in [2.24, 2.45) is 0 Å². The van der Waals surface area contributed by atoms with E-state index in [2.05, 4.69) is 15.2 Å². The minimum Gasteiger partial charge on any atom is -0.344 e. The minimum absolute atomic E-state index is 0.0759. The summed E-state index contributed by atoms with van der Waals surface area (Å²) in [6.45, 7) is 2.33. The van der Waals surface area contributed by atoms with Crippen LogP contribution in [0.4, 0.5) is 0 Å². The van der Waals surface area contributed by atoms with Gasteiger partial charge in [0.05, 0.1) is 23.9 Å². The van der Waals surface area contributed by atoms with Gasteiger partial charge in [-0.05, 0) is 36.8 Å². The molecule has 0 aliphatic heterocycles. The van der Waals surface area contributed by atoms with Crippen molar-refractivity contribution in [2.45, 2.75) is 18.5 Å². The molecule has 0 unspecified atom stereocenters. The second kappa shape index (κ2) is 9.54. The SMILES string of the molecule is Cc1c(Cl)cccc1-n1c(SCC(=O)N(C)CCC#N)nnc1-c1ccncc1. The second-order valence-corrected chi connectivity index (χ2v) is 7.62. The fourth-order valence-corrected chi connectivity index (χ4v) is 3.74. The van der Waals surface area contributed by atoms with Gasteiger partial charge in [-0.2, -0.15) is 5.26 Å². The number of halogens is 1. The molecule has 29 heavy (non-hydrogen) atoms. The molecule has 2 heterocycles. The van der Waals surface area contributed by atoms with Gasteiger partial charge in [-0.1, -0.05) is 29.4 Å². The number of carbonyl (C=O) groups is 1. The van der Waals surface area contributed by atoms with E-state index in [-0.39, 0.29) is 11.7 Å². The van der Waals surface area contributed by atoms with E-state index in [0.29, 0.717) is 29.0 Å². The summed E-state index contributed by atoms with van der Waals surface area (Å²) in [6, 6.07) is 11.4. The Bertz CT molecular complexity index is 1050. The third-order valence-corrected chi connectivity index (χ3v) is 5.68. The Morgan fingerprint density at radius 2 is 2.03 bits per heavy atom. The molecule has 0 fully saturated rings. The largest absolute Gasteiger partial charge is 0.344 e. The van der Waals surface area contributed by atoms with Crippen LogP contribution >= 0.6 is 23.4 Å². The summed E-state index contributed by atoms with van der Waals surface area (Å²) in [5.41, 5.74) is 2.60. The van der Waals surface area contributed by atoms with Gasteiger partial charge in [0, 0.05) is 36.6 Å². The van der Waals surface area contributed by atoms with E-state index in [9.17, 15) is 4.79 Å². The number of amides is 1. The summed E-state index contributed by atoms with van der Waals surface area (Å²) in [5, 5.41) is 18.6.